The second-order valence-electron chi connectivity index (χ2n) is 6.55. The summed E-state index contributed by atoms with van der Waals surface area (Å²) in [6, 6.07) is 12.0. The number of sulfonamides is 1. The van der Waals surface area contributed by atoms with Gasteiger partial charge < -0.3 is 5.11 Å². The van der Waals surface area contributed by atoms with Crippen molar-refractivity contribution in [2.45, 2.75) is 37.5 Å². The van der Waals surface area contributed by atoms with Gasteiger partial charge >= 0.3 is 5.97 Å². The van der Waals surface area contributed by atoms with Crippen LogP contribution in [0.2, 0.25) is 0 Å². The third kappa shape index (κ3) is 4.86. The molecule has 2 aromatic carbocycles. The number of nitro benzene ring substituents is 1. The summed E-state index contributed by atoms with van der Waals surface area (Å²) >= 11 is 0. The molecule has 0 amide bonds. The van der Waals surface area contributed by atoms with Crippen LogP contribution in [0.25, 0.3) is 0 Å². The summed E-state index contributed by atoms with van der Waals surface area (Å²) in [5, 5.41) is 20.2. The van der Waals surface area contributed by atoms with Crippen molar-refractivity contribution in [1.82, 2.24) is 0 Å². The van der Waals surface area contributed by atoms with Crippen LogP contribution < -0.4 is 4.31 Å². The van der Waals surface area contributed by atoms with E-state index in [0.717, 1.165) is 15.9 Å². The first-order valence-corrected chi connectivity index (χ1v) is 10.2. The summed E-state index contributed by atoms with van der Waals surface area (Å²) in [6.45, 7) is 3.90. The highest BCUT2D eigenvalue weighted by Crippen LogP contribution is 2.31. The van der Waals surface area contributed by atoms with Crippen LogP contribution in [-0.2, 0) is 14.8 Å². The highest BCUT2D eigenvalue weighted by atomic mass is 32.2. The van der Waals surface area contributed by atoms with Gasteiger partial charge in [0.25, 0.3) is 15.7 Å². The molecule has 9 heteroatoms. The summed E-state index contributed by atoms with van der Waals surface area (Å²) < 4.78 is 27.5. The minimum Gasteiger partial charge on any atom is -0.481 e. The van der Waals surface area contributed by atoms with Crippen LogP contribution in [0, 0.1) is 10.1 Å². The molecule has 0 saturated carbocycles. The lowest BCUT2D eigenvalue weighted by atomic mass is 10.0. The van der Waals surface area contributed by atoms with E-state index in [4.69, 9.17) is 5.11 Å². The van der Waals surface area contributed by atoms with Gasteiger partial charge in [0.05, 0.1) is 10.6 Å². The second kappa shape index (κ2) is 8.83. The highest BCUT2D eigenvalue weighted by Gasteiger charge is 2.31. The SMILES string of the molecule is CC(C)c1ccc(N(CCCC(=O)O)S(=O)(=O)c2ccccc2[N+](=O)[O-])cc1. The number of rotatable bonds is 9. The fourth-order valence-corrected chi connectivity index (χ4v) is 4.40. The number of hydrogen-bond acceptors (Lipinski definition) is 5. The van der Waals surface area contributed by atoms with E-state index < -0.39 is 31.5 Å². The number of carboxylic acid groups (broad SMARTS) is 1. The third-order valence-corrected chi connectivity index (χ3v) is 6.10. The Kier molecular flexibility index (Phi) is 6.74. The molecule has 0 aliphatic heterocycles. The molecule has 0 heterocycles. The number of para-hydroxylation sites is 1. The number of hydrogen-bond donors (Lipinski definition) is 1. The van der Waals surface area contributed by atoms with Gasteiger partial charge in [-0.15, -0.1) is 0 Å². The lowest BCUT2D eigenvalue weighted by molar-refractivity contribution is -0.387. The van der Waals surface area contributed by atoms with Crippen LogP contribution >= 0.6 is 0 Å². The van der Waals surface area contributed by atoms with E-state index in [9.17, 15) is 23.3 Å². The fourth-order valence-electron chi connectivity index (χ4n) is 2.73. The monoisotopic (exact) mass is 406 g/mol. The quantitative estimate of drug-likeness (QED) is 0.500. The van der Waals surface area contributed by atoms with Crippen molar-refractivity contribution in [3.63, 3.8) is 0 Å². The van der Waals surface area contributed by atoms with Gasteiger partial charge in [-0.3, -0.25) is 19.2 Å². The normalized spacial score (nSPS) is 11.4. The van der Waals surface area contributed by atoms with Crippen LogP contribution in [-0.4, -0.2) is 31.0 Å². The summed E-state index contributed by atoms with van der Waals surface area (Å²) in [5.41, 5.74) is 0.815. The first kappa shape index (κ1) is 21.4. The topological polar surface area (TPSA) is 118 Å². The van der Waals surface area contributed by atoms with E-state index >= 15 is 0 Å². The van der Waals surface area contributed by atoms with Gasteiger partial charge in [-0.2, -0.15) is 0 Å². The summed E-state index contributed by atoms with van der Waals surface area (Å²) in [4.78, 5) is 21.0. The van der Waals surface area contributed by atoms with Crippen LogP contribution in [0.1, 0.15) is 38.2 Å². The molecule has 0 spiro atoms. The van der Waals surface area contributed by atoms with Gasteiger partial charge in [0.15, 0.2) is 4.90 Å². The van der Waals surface area contributed by atoms with Gasteiger partial charge in [-0.1, -0.05) is 38.1 Å². The number of anilines is 1. The molecule has 0 saturated heterocycles. The van der Waals surface area contributed by atoms with E-state index in [1.807, 2.05) is 13.8 Å². The molecule has 2 rings (SSSR count). The number of aliphatic carboxylic acids is 1. The molecular formula is C19H22N2O6S. The summed E-state index contributed by atoms with van der Waals surface area (Å²) in [7, 11) is -4.26. The molecule has 0 atom stereocenters. The predicted octanol–water partition coefficient (Wildman–Crippen LogP) is 3.78. The van der Waals surface area contributed by atoms with Gasteiger partial charge in [-0.05, 0) is 36.1 Å². The van der Waals surface area contributed by atoms with Gasteiger partial charge in [0, 0.05) is 19.0 Å². The van der Waals surface area contributed by atoms with E-state index in [-0.39, 0.29) is 25.3 Å². The molecule has 0 bridgehead atoms. The zero-order valence-electron chi connectivity index (χ0n) is 15.6. The molecule has 0 fully saturated rings. The maximum absolute atomic E-state index is 13.2. The molecule has 0 radical (unpaired) electrons. The Morgan fingerprint density at radius 1 is 1.14 bits per heavy atom. The van der Waals surface area contributed by atoms with Crippen molar-refractivity contribution in [2.24, 2.45) is 0 Å². The largest absolute Gasteiger partial charge is 0.481 e. The Morgan fingerprint density at radius 3 is 2.29 bits per heavy atom. The third-order valence-electron chi connectivity index (χ3n) is 4.23. The highest BCUT2D eigenvalue weighted by molar-refractivity contribution is 7.93. The fraction of sp³-hybridized carbons (Fsp3) is 0.316. The van der Waals surface area contributed by atoms with E-state index in [2.05, 4.69) is 0 Å². The first-order valence-electron chi connectivity index (χ1n) is 8.72. The van der Waals surface area contributed by atoms with E-state index in [1.54, 1.807) is 24.3 Å². The van der Waals surface area contributed by atoms with Crippen LogP contribution in [0.5, 0.6) is 0 Å². The number of nitro groups is 1. The molecule has 150 valence electrons. The van der Waals surface area contributed by atoms with Crippen molar-refractivity contribution in [1.29, 1.82) is 0 Å². The minimum atomic E-state index is -4.26. The van der Waals surface area contributed by atoms with Gasteiger partial charge in [0.2, 0.25) is 0 Å². The zero-order chi connectivity index (χ0) is 20.9. The lowest BCUT2D eigenvalue weighted by Gasteiger charge is -2.24. The molecule has 0 aliphatic rings. The molecule has 0 aromatic heterocycles. The molecule has 8 nitrogen and oxygen atoms in total. The van der Waals surface area contributed by atoms with E-state index in [0.29, 0.717) is 5.69 Å². The van der Waals surface area contributed by atoms with Gasteiger partial charge in [-0.25, -0.2) is 8.42 Å². The molecule has 0 aliphatic carbocycles. The Labute approximate surface area is 163 Å². The van der Waals surface area contributed by atoms with Crippen molar-refractivity contribution < 1.29 is 23.2 Å². The van der Waals surface area contributed by atoms with Crippen molar-refractivity contribution in [3.05, 3.63) is 64.2 Å². The number of carbonyl (C=O) groups is 1. The standard InChI is InChI=1S/C19H22N2O6S/c1-14(2)15-9-11-16(12-10-15)20(13-5-8-19(22)23)28(26,27)18-7-4-3-6-17(18)21(24)25/h3-4,6-7,9-12,14H,5,8,13H2,1-2H3,(H,22,23). The number of carboxylic acids is 1. The Balaban J connectivity index is 2.51. The number of benzene rings is 2. The van der Waals surface area contributed by atoms with Crippen LogP contribution in [0.3, 0.4) is 0 Å². The Hall–Kier alpha value is -2.94. The lowest BCUT2D eigenvalue weighted by Crippen LogP contribution is -2.32. The first-order chi connectivity index (χ1) is 13.1. The van der Waals surface area contributed by atoms with Crippen LogP contribution in [0.15, 0.2) is 53.4 Å². The molecular weight excluding hydrogens is 384 g/mol. The molecule has 0 unspecified atom stereocenters. The summed E-state index contributed by atoms with van der Waals surface area (Å²) in [5.74, 6) is -0.792. The zero-order valence-corrected chi connectivity index (χ0v) is 16.4. The average molecular weight is 406 g/mol. The molecule has 2 aromatic rings. The Bertz CT molecular complexity index is 955. The van der Waals surface area contributed by atoms with Crippen molar-refractivity contribution in [2.75, 3.05) is 10.8 Å². The second-order valence-corrected chi connectivity index (χ2v) is 8.38. The maximum atomic E-state index is 13.2. The van der Waals surface area contributed by atoms with Gasteiger partial charge in [0.1, 0.15) is 0 Å². The Morgan fingerprint density at radius 2 is 1.75 bits per heavy atom. The maximum Gasteiger partial charge on any atom is 0.303 e. The average Bonchev–Trinajstić information content (AvgIpc) is 2.65. The van der Waals surface area contributed by atoms with Crippen molar-refractivity contribution >= 4 is 27.4 Å². The van der Waals surface area contributed by atoms with E-state index in [1.165, 1.54) is 18.2 Å². The van der Waals surface area contributed by atoms with Crippen molar-refractivity contribution in [3.8, 4) is 0 Å². The number of nitrogens with zero attached hydrogens (tertiary/aromatic N) is 2. The smallest absolute Gasteiger partial charge is 0.303 e. The van der Waals surface area contributed by atoms with Crippen LogP contribution in [0.4, 0.5) is 11.4 Å². The molecule has 28 heavy (non-hydrogen) atoms. The minimum absolute atomic E-state index is 0.0706. The molecule has 1 N–H and O–H groups in total. The predicted molar refractivity (Wildman–Crippen MR) is 105 cm³/mol. The summed E-state index contributed by atoms with van der Waals surface area (Å²) in [6.07, 6.45) is -0.145.